The molecule has 0 aromatic heterocycles. The Bertz CT molecular complexity index is 375. The SMILES string of the molecule is CCCCCCCCCCCCSC(=S)SSC(=S)SCCCCCCCCCCCC. The Kier molecular flexibility index (Phi) is 30.2. The molecule has 0 aromatic carbocycles. The maximum absolute atomic E-state index is 5.51. The van der Waals surface area contributed by atoms with Gasteiger partial charge in [-0.15, -0.1) is 23.5 Å². The second-order valence-electron chi connectivity index (χ2n) is 8.73. The van der Waals surface area contributed by atoms with Crippen molar-refractivity contribution in [1.29, 1.82) is 0 Å². The number of hydrogen-bond acceptors (Lipinski definition) is 6. The van der Waals surface area contributed by atoms with Crippen molar-refractivity contribution in [2.45, 2.75) is 142 Å². The average Bonchev–Trinajstić information content (AvgIpc) is 2.79. The van der Waals surface area contributed by atoms with E-state index in [0.717, 1.165) is 7.06 Å². The van der Waals surface area contributed by atoms with Crippen LogP contribution in [0.2, 0.25) is 0 Å². The van der Waals surface area contributed by atoms with Gasteiger partial charge in [0.2, 0.25) is 0 Å². The van der Waals surface area contributed by atoms with Crippen LogP contribution in [0, 0.1) is 0 Å². The largest absolute Gasteiger partial charge is 0.115 e. The highest BCUT2D eigenvalue weighted by atomic mass is 33.1. The lowest BCUT2D eigenvalue weighted by Crippen LogP contribution is -1.88. The fourth-order valence-corrected chi connectivity index (χ4v) is 8.66. The van der Waals surface area contributed by atoms with Crippen molar-refractivity contribution >= 4 is 76.6 Å². The molecule has 0 bridgehead atoms. The van der Waals surface area contributed by atoms with Crippen LogP contribution in [-0.4, -0.2) is 18.6 Å². The summed E-state index contributed by atoms with van der Waals surface area (Å²) in [4.78, 5) is 0. The molecule has 0 amide bonds. The fraction of sp³-hybridized carbons (Fsp3) is 0.923. The van der Waals surface area contributed by atoms with Crippen LogP contribution in [0.25, 0.3) is 0 Å². The van der Waals surface area contributed by atoms with Crippen LogP contribution in [0.1, 0.15) is 142 Å². The number of thiocarbonyl (C=S) groups is 2. The van der Waals surface area contributed by atoms with E-state index in [1.54, 1.807) is 21.6 Å². The van der Waals surface area contributed by atoms with E-state index >= 15 is 0 Å². The van der Waals surface area contributed by atoms with Crippen molar-refractivity contribution in [3.8, 4) is 0 Å². The summed E-state index contributed by atoms with van der Waals surface area (Å²) in [6.45, 7) is 4.57. The molecule has 0 atom stereocenters. The minimum absolute atomic E-state index is 1.05. The molecule has 0 saturated carbocycles. The molecule has 0 unspecified atom stereocenters. The molecule has 0 heterocycles. The third-order valence-electron chi connectivity index (χ3n) is 5.61. The highest BCUT2D eigenvalue weighted by molar-refractivity contribution is 8.96. The van der Waals surface area contributed by atoms with Crippen molar-refractivity contribution in [3.63, 3.8) is 0 Å². The summed E-state index contributed by atoms with van der Waals surface area (Å²) in [7, 11) is 3.40. The van der Waals surface area contributed by atoms with Crippen molar-refractivity contribution in [1.82, 2.24) is 0 Å². The van der Waals surface area contributed by atoms with Gasteiger partial charge in [-0.1, -0.05) is 154 Å². The van der Waals surface area contributed by atoms with Gasteiger partial charge in [-0.3, -0.25) is 0 Å². The average molecular weight is 555 g/mol. The first-order valence-electron chi connectivity index (χ1n) is 13.4. The Labute approximate surface area is 228 Å². The predicted molar refractivity (Wildman–Crippen MR) is 169 cm³/mol. The van der Waals surface area contributed by atoms with Gasteiger partial charge in [0.25, 0.3) is 0 Å². The maximum Gasteiger partial charge on any atom is 0.115 e. The summed E-state index contributed by atoms with van der Waals surface area (Å²) in [6.07, 6.45) is 27.9. The van der Waals surface area contributed by atoms with Crippen LogP contribution in [0.3, 0.4) is 0 Å². The van der Waals surface area contributed by atoms with Crippen LogP contribution >= 0.6 is 69.5 Å². The molecule has 32 heavy (non-hydrogen) atoms. The first-order chi connectivity index (χ1) is 15.7. The molecule has 0 radical (unpaired) electrons. The predicted octanol–water partition coefficient (Wildman–Crippen LogP) is 12.2. The Hall–Kier alpha value is 1.58. The summed E-state index contributed by atoms with van der Waals surface area (Å²) >= 11 is 14.7. The quantitative estimate of drug-likeness (QED) is 0.0736. The molecule has 0 fully saturated rings. The van der Waals surface area contributed by atoms with Gasteiger partial charge in [-0.05, 0) is 45.9 Å². The molecular formula is C26H50S6. The van der Waals surface area contributed by atoms with E-state index in [1.807, 2.05) is 23.5 Å². The number of unbranched alkanes of at least 4 members (excludes halogenated alkanes) is 18. The molecule has 190 valence electrons. The Morgan fingerprint density at radius 1 is 0.406 bits per heavy atom. The summed E-state index contributed by atoms with van der Waals surface area (Å²) in [5.74, 6) is 2.34. The van der Waals surface area contributed by atoms with Gasteiger partial charge >= 0.3 is 0 Å². The third-order valence-corrected chi connectivity index (χ3v) is 12.4. The van der Waals surface area contributed by atoms with Gasteiger partial charge in [0, 0.05) is 0 Å². The fourth-order valence-electron chi connectivity index (χ4n) is 3.61. The summed E-state index contributed by atoms with van der Waals surface area (Å²) in [5, 5.41) is 0. The minimum atomic E-state index is 1.05. The molecule has 0 aliphatic rings. The van der Waals surface area contributed by atoms with E-state index in [1.165, 1.54) is 140 Å². The molecule has 0 saturated heterocycles. The topological polar surface area (TPSA) is 0 Å². The first kappa shape index (κ1) is 33.6. The lowest BCUT2D eigenvalue weighted by Gasteiger charge is -2.05. The smallest absolute Gasteiger partial charge is 0.107 e. The molecule has 0 spiro atoms. The van der Waals surface area contributed by atoms with Crippen molar-refractivity contribution < 1.29 is 0 Å². The number of rotatable bonds is 22. The lowest BCUT2D eigenvalue weighted by atomic mass is 10.1. The summed E-state index contributed by atoms with van der Waals surface area (Å²) in [6, 6.07) is 0. The van der Waals surface area contributed by atoms with Crippen LogP contribution in [0.15, 0.2) is 0 Å². The van der Waals surface area contributed by atoms with E-state index in [-0.39, 0.29) is 0 Å². The molecule has 0 aromatic rings. The van der Waals surface area contributed by atoms with Crippen LogP contribution in [0.5, 0.6) is 0 Å². The van der Waals surface area contributed by atoms with Gasteiger partial charge in [-0.2, -0.15) is 0 Å². The molecule has 0 N–H and O–H groups in total. The van der Waals surface area contributed by atoms with Crippen LogP contribution in [0.4, 0.5) is 0 Å². The molecule has 0 nitrogen and oxygen atoms in total. The van der Waals surface area contributed by atoms with Crippen molar-refractivity contribution in [2.24, 2.45) is 0 Å². The van der Waals surface area contributed by atoms with E-state index in [0.29, 0.717) is 0 Å². The van der Waals surface area contributed by atoms with E-state index < -0.39 is 0 Å². The molecular weight excluding hydrogens is 505 g/mol. The Balaban J connectivity index is 3.30. The first-order valence-corrected chi connectivity index (χ1v) is 18.3. The summed E-state index contributed by atoms with van der Waals surface area (Å²) < 4.78 is 2.10. The maximum atomic E-state index is 5.51. The monoisotopic (exact) mass is 554 g/mol. The highest BCUT2D eigenvalue weighted by Gasteiger charge is 2.05. The second-order valence-corrected chi connectivity index (χ2v) is 15.5. The molecule has 0 aliphatic heterocycles. The van der Waals surface area contributed by atoms with Gasteiger partial charge < -0.3 is 0 Å². The van der Waals surface area contributed by atoms with Gasteiger partial charge in [0.15, 0.2) is 0 Å². The van der Waals surface area contributed by atoms with Gasteiger partial charge in [0.05, 0.1) is 0 Å². The van der Waals surface area contributed by atoms with Gasteiger partial charge in [-0.25, -0.2) is 0 Å². The van der Waals surface area contributed by atoms with E-state index in [2.05, 4.69) is 13.8 Å². The van der Waals surface area contributed by atoms with Crippen molar-refractivity contribution in [3.05, 3.63) is 0 Å². The van der Waals surface area contributed by atoms with E-state index in [4.69, 9.17) is 24.4 Å². The Morgan fingerprint density at radius 3 is 0.938 bits per heavy atom. The second kappa shape index (κ2) is 28.8. The van der Waals surface area contributed by atoms with Gasteiger partial charge in [0.1, 0.15) is 7.06 Å². The normalized spacial score (nSPS) is 11.2. The van der Waals surface area contributed by atoms with Crippen LogP contribution < -0.4 is 0 Å². The highest BCUT2D eigenvalue weighted by Crippen LogP contribution is 2.34. The third kappa shape index (κ3) is 27.8. The number of thioether (sulfide) groups is 2. The van der Waals surface area contributed by atoms with E-state index in [9.17, 15) is 0 Å². The molecule has 6 heteroatoms. The zero-order chi connectivity index (χ0) is 23.5. The molecule has 0 rings (SSSR count). The van der Waals surface area contributed by atoms with Crippen LogP contribution in [-0.2, 0) is 0 Å². The lowest BCUT2D eigenvalue weighted by molar-refractivity contribution is 0.563. The van der Waals surface area contributed by atoms with Crippen molar-refractivity contribution in [2.75, 3.05) is 11.5 Å². The Morgan fingerprint density at radius 2 is 0.656 bits per heavy atom. The summed E-state index contributed by atoms with van der Waals surface area (Å²) in [5.41, 5.74) is 0. The molecule has 0 aliphatic carbocycles. The number of hydrogen-bond donors (Lipinski definition) is 0. The standard InChI is InChI=1S/C26H50S6/c1-3-5-7-9-11-13-15-17-19-21-23-29-25(27)31-32-26(28)30-24-22-20-18-16-14-12-10-8-6-4-2/h3-24H2,1-2H3. The minimum Gasteiger partial charge on any atom is -0.107 e. The zero-order valence-corrected chi connectivity index (χ0v) is 25.9. The zero-order valence-electron chi connectivity index (χ0n) is 21.0.